The highest BCUT2D eigenvalue weighted by Crippen LogP contribution is 2.30. The SMILES string of the molecule is CCCC(CC=S)c1n[nH]c(Cc2ccc(-c3ccccc3-c3nnn[nH]3)cc2)n1. The maximum Gasteiger partial charge on any atom is 0.180 e. The summed E-state index contributed by atoms with van der Waals surface area (Å²) in [5.41, 5.74) is 4.32. The second kappa shape index (κ2) is 9.49. The molecule has 2 aromatic carbocycles. The molecule has 1 atom stereocenters. The van der Waals surface area contributed by atoms with E-state index in [0.29, 0.717) is 18.2 Å². The van der Waals surface area contributed by atoms with E-state index in [1.807, 2.05) is 18.2 Å². The summed E-state index contributed by atoms with van der Waals surface area (Å²) in [6, 6.07) is 16.5. The molecule has 0 aliphatic carbocycles. The third-order valence-corrected chi connectivity index (χ3v) is 5.29. The highest BCUT2D eigenvalue weighted by molar-refractivity contribution is 7.78. The van der Waals surface area contributed by atoms with E-state index in [1.165, 1.54) is 5.56 Å². The topological polar surface area (TPSA) is 96.0 Å². The Bertz CT molecular complexity index is 1090. The van der Waals surface area contributed by atoms with Gasteiger partial charge in [0.2, 0.25) is 0 Å². The van der Waals surface area contributed by atoms with Crippen LogP contribution < -0.4 is 0 Å². The van der Waals surface area contributed by atoms with E-state index in [2.05, 4.69) is 68.1 Å². The lowest BCUT2D eigenvalue weighted by Gasteiger charge is -2.08. The number of thiocarbonyl (C=S) groups is 1. The first kappa shape index (κ1) is 20.0. The second-order valence-corrected chi connectivity index (χ2v) is 7.53. The molecule has 0 bridgehead atoms. The number of aromatic amines is 2. The lowest BCUT2D eigenvalue weighted by atomic mass is 9.98. The Balaban J connectivity index is 1.51. The fourth-order valence-corrected chi connectivity index (χ4v) is 3.83. The first-order valence-corrected chi connectivity index (χ1v) is 10.5. The van der Waals surface area contributed by atoms with Crippen LogP contribution in [0, 0.1) is 0 Å². The van der Waals surface area contributed by atoms with Crippen LogP contribution in [0.3, 0.4) is 0 Å². The van der Waals surface area contributed by atoms with E-state index < -0.39 is 0 Å². The van der Waals surface area contributed by atoms with Crippen molar-refractivity contribution < 1.29 is 0 Å². The van der Waals surface area contributed by atoms with Crippen molar-refractivity contribution in [2.75, 3.05) is 0 Å². The lowest BCUT2D eigenvalue weighted by Crippen LogP contribution is -2.01. The van der Waals surface area contributed by atoms with Crippen LogP contribution in [-0.4, -0.2) is 41.2 Å². The van der Waals surface area contributed by atoms with Gasteiger partial charge in [0.1, 0.15) is 5.82 Å². The van der Waals surface area contributed by atoms with E-state index in [0.717, 1.165) is 47.6 Å². The number of aromatic nitrogens is 7. The van der Waals surface area contributed by atoms with Crippen molar-refractivity contribution in [1.82, 2.24) is 35.8 Å². The Morgan fingerprint density at radius 1 is 1.03 bits per heavy atom. The van der Waals surface area contributed by atoms with Gasteiger partial charge in [-0.1, -0.05) is 74.1 Å². The summed E-state index contributed by atoms with van der Waals surface area (Å²) < 4.78 is 0. The van der Waals surface area contributed by atoms with Crippen molar-refractivity contribution in [2.45, 2.75) is 38.5 Å². The maximum atomic E-state index is 5.04. The molecular weight excluding hydrogens is 394 g/mol. The van der Waals surface area contributed by atoms with Crippen LogP contribution in [0.25, 0.3) is 22.5 Å². The fourth-order valence-electron chi connectivity index (χ4n) is 3.60. The number of tetrazole rings is 1. The molecule has 152 valence electrons. The Morgan fingerprint density at radius 3 is 2.53 bits per heavy atom. The van der Waals surface area contributed by atoms with Gasteiger partial charge in [-0.25, -0.2) is 10.1 Å². The molecule has 0 saturated heterocycles. The smallest absolute Gasteiger partial charge is 0.180 e. The average Bonchev–Trinajstić information content (AvgIpc) is 3.47. The standard InChI is InChI=1S/C22H23N7S/c1-2-5-17(12-13-30)21-23-20(24-25-21)14-15-8-10-16(11-9-15)18-6-3-4-7-19(18)22-26-28-29-27-22/h3-4,6-11,13,17H,2,5,12,14H2,1H3,(H,23,24,25)(H,26,27,28,29). The molecule has 2 heterocycles. The second-order valence-electron chi connectivity index (χ2n) is 7.20. The van der Waals surface area contributed by atoms with Gasteiger partial charge in [0, 0.05) is 17.9 Å². The van der Waals surface area contributed by atoms with Crippen LogP contribution in [0.5, 0.6) is 0 Å². The van der Waals surface area contributed by atoms with E-state index in [1.54, 1.807) is 5.37 Å². The minimum absolute atomic E-state index is 0.293. The van der Waals surface area contributed by atoms with E-state index >= 15 is 0 Å². The Morgan fingerprint density at radius 2 is 1.83 bits per heavy atom. The quantitative estimate of drug-likeness (QED) is 0.389. The molecule has 0 spiro atoms. The molecule has 4 aromatic rings. The van der Waals surface area contributed by atoms with E-state index in [-0.39, 0.29) is 0 Å². The van der Waals surface area contributed by atoms with Crippen molar-refractivity contribution in [2.24, 2.45) is 0 Å². The van der Waals surface area contributed by atoms with Gasteiger partial charge in [-0.3, -0.25) is 5.10 Å². The van der Waals surface area contributed by atoms with Crippen LogP contribution in [-0.2, 0) is 6.42 Å². The van der Waals surface area contributed by atoms with Crippen molar-refractivity contribution >= 4 is 17.6 Å². The number of benzene rings is 2. The third-order valence-electron chi connectivity index (χ3n) is 5.10. The predicted molar refractivity (Wildman–Crippen MR) is 120 cm³/mol. The molecule has 8 heteroatoms. The normalized spacial score (nSPS) is 12.0. The fraction of sp³-hybridized carbons (Fsp3) is 0.273. The summed E-state index contributed by atoms with van der Waals surface area (Å²) in [6.45, 7) is 2.17. The highest BCUT2D eigenvalue weighted by atomic mass is 32.1. The molecule has 2 N–H and O–H groups in total. The van der Waals surface area contributed by atoms with Gasteiger partial charge in [-0.15, -0.1) is 5.10 Å². The van der Waals surface area contributed by atoms with Crippen molar-refractivity contribution in [1.29, 1.82) is 0 Å². The molecular formula is C22H23N7S. The van der Waals surface area contributed by atoms with Gasteiger partial charge in [-0.2, -0.15) is 5.10 Å². The van der Waals surface area contributed by atoms with Crippen LogP contribution >= 0.6 is 12.2 Å². The van der Waals surface area contributed by atoms with Crippen LogP contribution in [0.15, 0.2) is 48.5 Å². The van der Waals surface area contributed by atoms with Gasteiger partial charge in [-0.05, 0) is 45.3 Å². The molecule has 0 fully saturated rings. The summed E-state index contributed by atoms with van der Waals surface area (Å²) in [5.74, 6) is 2.68. The van der Waals surface area contributed by atoms with Gasteiger partial charge in [0.15, 0.2) is 11.6 Å². The number of H-pyrrole nitrogens is 2. The first-order valence-electron chi connectivity index (χ1n) is 10.1. The third kappa shape index (κ3) is 4.49. The molecule has 4 rings (SSSR count). The number of nitrogens with one attached hydrogen (secondary N) is 2. The van der Waals surface area contributed by atoms with Crippen molar-refractivity contribution in [3.8, 4) is 22.5 Å². The zero-order chi connectivity index (χ0) is 20.8. The largest absolute Gasteiger partial charge is 0.263 e. The average molecular weight is 418 g/mol. The minimum Gasteiger partial charge on any atom is -0.263 e. The van der Waals surface area contributed by atoms with Gasteiger partial charge in [0.25, 0.3) is 0 Å². The molecule has 30 heavy (non-hydrogen) atoms. The Kier molecular flexibility index (Phi) is 6.34. The summed E-state index contributed by atoms with van der Waals surface area (Å²) >= 11 is 5.04. The first-order chi connectivity index (χ1) is 14.8. The predicted octanol–water partition coefficient (Wildman–Crippen LogP) is 4.52. The number of nitrogens with zero attached hydrogens (tertiary/aromatic N) is 5. The molecule has 7 nitrogen and oxygen atoms in total. The van der Waals surface area contributed by atoms with Crippen LogP contribution in [0.4, 0.5) is 0 Å². The Labute approximate surface area is 180 Å². The zero-order valence-corrected chi connectivity index (χ0v) is 17.6. The van der Waals surface area contributed by atoms with Gasteiger partial charge >= 0.3 is 0 Å². The van der Waals surface area contributed by atoms with Gasteiger partial charge in [0.05, 0.1) is 0 Å². The van der Waals surface area contributed by atoms with Crippen molar-refractivity contribution in [3.63, 3.8) is 0 Å². The molecule has 2 aromatic heterocycles. The summed E-state index contributed by atoms with van der Waals surface area (Å²) in [7, 11) is 0. The monoisotopic (exact) mass is 417 g/mol. The van der Waals surface area contributed by atoms with Crippen LogP contribution in [0.1, 0.15) is 49.3 Å². The summed E-state index contributed by atoms with van der Waals surface area (Å²) in [4.78, 5) is 4.71. The summed E-state index contributed by atoms with van der Waals surface area (Å²) in [5, 5.41) is 23.6. The lowest BCUT2D eigenvalue weighted by molar-refractivity contribution is 0.605. The molecule has 0 radical (unpaired) electrons. The molecule has 0 saturated carbocycles. The molecule has 0 aliphatic heterocycles. The minimum atomic E-state index is 0.293. The molecule has 0 amide bonds. The zero-order valence-electron chi connectivity index (χ0n) is 16.7. The maximum absolute atomic E-state index is 5.04. The van der Waals surface area contributed by atoms with Crippen LogP contribution in [0.2, 0.25) is 0 Å². The van der Waals surface area contributed by atoms with Gasteiger partial charge < -0.3 is 0 Å². The van der Waals surface area contributed by atoms with E-state index in [9.17, 15) is 0 Å². The van der Waals surface area contributed by atoms with E-state index in [4.69, 9.17) is 17.2 Å². The highest BCUT2D eigenvalue weighted by Gasteiger charge is 2.15. The number of rotatable bonds is 9. The molecule has 1 unspecified atom stereocenters. The molecule has 0 aliphatic rings. The van der Waals surface area contributed by atoms with Crippen molar-refractivity contribution in [3.05, 3.63) is 65.7 Å². The Hall–Kier alpha value is -3.26. The summed E-state index contributed by atoms with van der Waals surface area (Å²) in [6.07, 6.45) is 3.66. The number of hydrogen-bond donors (Lipinski definition) is 2. The number of hydrogen-bond acceptors (Lipinski definition) is 6.